The number of benzene rings is 1. The Balaban J connectivity index is 1.95. The highest BCUT2D eigenvalue weighted by atomic mass is 16.5. The lowest BCUT2D eigenvalue weighted by Gasteiger charge is -2.05. The van der Waals surface area contributed by atoms with Gasteiger partial charge in [-0.25, -0.2) is 9.97 Å². The number of hydrogen-bond acceptors (Lipinski definition) is 5. The molecule has 0 radical (unpaired) electrons. The van der Waals surface area contributed by atoms with E-state index in [1.807, 2.05) is 24.3 Å². The SMILES string of the molecule is Nc1cc(Oc2ccc3ccncc3c2)ncn1. The molecular formula is C13H10N4O. The molecule has 0 saturated carbocycles. The second kappa shape index (κ2) is 4.29. The highest BCUT2D eigenvalue weighted by molar-refractivity contribution is 5.82. The minimum atomic E-state index is 0.377. The summed E-state index contributed by atoms with van der Waals surface area (Å²) >= 11 is 0. The monoisotopic (exact) mass is 238 g/mol. The lowest BCUT2D eigenvalue weighted by Crippen LogP contribution is -1.93. The van der Waals surface area contributed by atoms with Gasteiger partial charge in [0.2, 0.25) is 5.88 Å². The highest BCUT2D eigenvalue weighted by Crippen LogP contribution is 2.24. The lowest BCUT2D eigenvalue weighted by molar-refractivity contribution is 0.462. The fourth-order valence-electron chi connectivity index (χ4n) is 1.66. The molecule has 0 aliphatic carbocycles. The maximum absolute atomic E-state index is 5.61. The van der Waals surface area contributed by atoms with Crippen LogP contribution in [0.1, 0.15) is 0 Å². The largest absolute Gasteiger partial charge is 0.439 e. The maximum Gasteiger partial charge on any atom is 0.224 e. The summed E-state index contributed by atoms with van der Waals surface area (Å²) in [4.78, 5) is 11.9. The maximum atomic E-state index is 5.61. The quantitative estimate of drug-likeness (QED) is 0.742. The third-order valence-corrected chi connectivity index (χ3v) is 2.50. The molecule has 88 valence electrons. The zero-order valence-corrected chi connectivity index (χ0v) is 9.45. The minimum Gasteiger partial charge on any atom is -0.439 e. The first-order chi connectivity index (χ1) is 8.81. The summed E-state index contributed by atoms with van der Waals surface area (Å²) in [7, 11) is 0. The van der Waals surface area contributed by atoms with Crippen LogP contribution in [0.4, 0.5) is 5.82 Å². The number of anilines is 1. The fourth-order valence-corrected chi connectivity index (χ4v) is 1.66. The van der Waals surface area contributed by atoms with Crippen LogP contribution in [0.15, 0.2) is 49.1 Å². The highest BCUT2D eigenvalue weighted by Gasteiger charge is 2.01. The van der Waals surface area contributed by atoms with Gasteiger partial charge in [-0.05, 0) is 23.6 Å². The number of ether oxygens (including phenoxy) is 1. The van der Waals surface area contributed by atoms with Crippen LogP contribution in [0.5, 0.6) is 11.6 Å². The Labute approximate surface area is 103 Å². The van der Waals surface area contributed by atoms with Crippen molar-refractivity contribution in [2.45, 2.75) is 0 Å². The molecule has 0 unspecified atom stereocenters. The third kappa shape index (κ3) is 2.06. The van der Waals surface area contributed by atoms with Crippen LogP contribution < -0.4 is 10.5 Å². The topological polar surface area (TPSA) is 73.9 Å². The van der Waals surface area contributed by atoms with E-state index in [1.54, 1.807) is 18.5 Å². The van der Waals surface area contributed by atoms with Gasteiger partial charge in [-0.3, -0.25) is 4.98 Å². The number of nitrogens with zero attached hydrogens (tertiary/aromatic N) is 3. The number of rotatable bonds is 2. The Morgan fingerprint density at radius 3 is 2.83 bits per heavy atom. The first-order valence-electron chi connectivity index (χ1n) is 5.40. The third-order valence-electron chi connectivity index (χ3n) is 2.50. The second-order valence-electron chi connectivity index (χ2n) is 3.77. The van der Waals surface area contributed by atoms with Crippen molar-refractivity contribution in [3.05, 3.63) is 49.1 Å². The molecular weight excluding hydrogens is 228 g/mol. The van der Waals surface area contributed by atoms with Crippen molar-refractivity contribution in [3.63, 3.8) is 0 Å². The van der Waals surface area contributed by atoms with Gasteiger partial charge in [0, 0.05) is 23.8 Å². The zero-order chi connectivity index (χ0) is 12.4. The average Bonchev–Trinajstić information content (AvgIpc) is 2.39. The van der Waals surface area contributed by atoms with Crippen LogP contribution in [0.2, 0.25) is 0 Å². The minimum absolute atomic E-state index is 0.377. The van der Waals surface area contributed by atoms with Gasteiger partial charge in [0.25, 0.3) is 0 Å². The summed E-state index contributed by atoms with van der Waals surface area (Å²) in [5, 5.41) is 2.12. The van der Waals surface area contributed by atoms with Gasteiger partial charge in [-0.1, -0.05) is 6.07 Å². The van der Waals surface area contributed by atoms with Gasteiger partial charge in [0.15, 0.2) is 0 Å². The summed E-state index contributed by atoms with van der Waals surface area (Å²) in [6.45, 7) is 0. The molecule has 0 amide bonds. The van der Waals surface area contributed by atoms with Crippen molar-refractivity contribution < 1.29 is 4.74 Å². The molecule has 18 heavy (non-hydrogen) atoms. The van der Waals surface area contributed by atoms with Crippen molar-refractivity contribution in [1.82, 2.24) is 15.0 Å². The Morgan fingerprint density at radius 1 is 1.00 bits per heavy atom. The Hall–Kier alpha value is -2.69. The molecule has 0 saturated heterocycles. The molecule has 0 spiro atoms. The van der Waals surface area contributed by atoms with Gasteiger partial charge in [-0.15, -0.1) is 0 Å². The number of fused-ring (bicyclic) bond motifs is 1. The van der Waals surface area contributed by atoms with Crippen LogP contribution in [0.25, 0.3) is 10.8 Å². The molecule has 5 heteroatoms. The van der Waals surface area contributed by atoms with Crippen molar-refractivity contribution in [2.75, 3.05) is 5.73 Å². The summed E-state index contributed by atoms with van der Waals surface area (Å²) in [6.07, 6.45) is 4.91. The first kappa shape index (κ1) is 10.5. The van der Waals surface area contributed by atoms with Gasteiger partial charge < -0.3 is 10.5 Å². The molecule has 3 aromatic rings. The van der Waals surface area contributed by atoms with Crippen molar-refractivity contribution in [1.29, 1.82) is 0 Å². The zero-order valence-electron chi connectivity index (χ0n) is 9.45. The molecule has 5 nitrogen and oxygen atoms in total. The van der Waals surface area contributed by atoms with Crippen LogP contribution in [-0.2, 0) is 0 Å². The predicted molar refractivity (Wildman–Crippen MR) is 68.3 cm³/mol. The first-order valence-corrected chi connectivity index (χ1v) is 5.40. The molecule has 2 heterocycles. The summed E-state index contributed by atoms with van der Waals surface area (Å²) in [6, 6.07) is 9.27. The lowest BCUT2D eigenvalue weighted by atomic mass is 10.2. The van der Waals surface area contributed by atoms with Crippen LogP contribution in [0, 0.1) is 0 Å². The van der Waals surface area contributed by atoms with Crippen molar-refractivity contribution in [3.8, 4) is 11.6 Å². The van der Waals surface area contributed by atoms with E-state index in [-0.39, 0.29) is 0 Å². The van der Waals surface area contributed by atoms with E-state index in [0.717, 1.165) is 10.8 Å². The number of aromatic nitrogens is 3. The molecule has 0 atom stereocenters. The number of nitrogens with two attached hydrogens (primary N) is 1. The second-order valence-corrected chi connectivity index (χ2v) is 3.77. The summed E-state index contributed by atoms with van der Waals surface area (Å²) in [5.74, 6) is 1.49. The normalized spacial score (nSPS) is 10.4. The standard InChI is InChI=1S/C13H10N4O/c14-12-6-13(17-8-16-12)18-11-2-1-9-3-4-15-7-10(9)5-11/h1-8H,(H2,14,16,17). The van der Waals surface area contributed by atoms with Crippen LogP contribution in [-0.4, -0.2) is 15.0 Å². The summed E-state index contributed by atoms with van der Waals surface area (Å²) in [5.41, 5.74) is 5.56. The van der Waals surface area contributed by atoms with Crippen molar-refractivity contribution >= 4 is 16.6 Å². The number of hydrogen-bond donors (Lipinski definition) is 1. The smallest absolute Gasteiger partial charge is 0.224 e. The molecule has 3 rings (SSSR count). The number of nitrogen functional groups attached to an aromatic ring is 1. The Kier molecular flexibility index (Phi) is 2.49. The van der Waals surface area contributed by atoms with E-state index in [1.165, 1.54) is 6.33 Å². The van der Waals surface area contributed by atoms with E-state index < -0.39 is 0 Å². The molecule has 0 bridgehead atoms. The molecule has 2 N–H and O–H groups in total. The van der Waals surface area contributed by atoms with Gasteiger partial charge in [0.1, 0.15) is 17.9 Å². The Morgan fingerprint density at radius 2 is 1.94 bits per heavy atom. The molecule has 0 aliphatic heterocycles. The van der Waals surface area contributed by atoms with E-state index in [0.29, 0.717) is 17.4 Å². The van der Waals surface area contributed by atoms with Gasteiger partial charge in [0.05, 0.1) is 0 Å². The van der Waals surface area contributed by atoms with E-state index in [9.17, 15) is 0 Å². The molecule has 2 aromatic heterocycles. The van der Waals surface area contributed by atoms with Crippen LogP contribution >= 0.6 is 0 Å². The molecule has 0 fully saturated rings. The fraction of sp³-hybridized carbons (Fsp3) is 0. The molecule has 1 aromatic carbocycles. The Bertz CT molecular complexity index is 699. The van der Waals surface area contributed by atoms with Crippen molar-refractivity contribution in [2.24, 2.45) is 0 Å². The predicted octanol–water partition coefficient (Wildman–Crippen LogP) is 2.40. The van der Waals surface area contributed by atoms with E-state index in [2.05, 4.69) is 15.0 Å². The van der Waals surface area contributed by atoms with E-state index >= 15 is 0 Å². The summed E-state index contributed by atoms with van der Waals surface area (Å²) < 4.78 is 5.61. The molecule has 0 aliphatic rings. The number of pyridine rings is 1. The van der Waals surface area contributed by atoms with Gasteiger partial charge >= 0.3 is 0 Å². The average molecular weight is 238 g/mol. The van der Waals surface area contributed by atoms with Gasteiger partial charge in [-0.2, -0.15) is 0 Å². The van der Waals surface area contributed by atoms with Crippen LogP contribution in [0.3, 0.4) is 0 Å². The van der Waals surface area contributed by atoms with E-state index in [4.69, 9.17) is 10.5 Å².